The molecule has 0 atom stereocenters. The van der Waals surface area contributed by atoms with Gasteiger partial charge in [-0.3, -0.25) is 4.98 Å². The van der Waals surface area contributed by atoms with Gasteiger partial charge in [0.15, 0.2) is 11.6 Å². The van der Waals surface area contributed by atoms with Crippen molar-refractivity contribution in [2.75, 3.05) is 41.7 Å². The largest absolute Gasteiger partial charge is 0.451 e. The molecule has 15 heteroatoms. The van der Waals surface area contributed by atoms with Crippen molar-refractivity contribution < 1.29 is 35.9 Å². The highest BCUT2D eigenvalue weighted by Crippen LogP contribution is 2.37. The number of nitrogens with one attached hydrogen (secondary N) is 3. The lowest BCUT2D eigenvalue weighted by molar-refractivity contribution is -0.137. The molecular formula is C26H19ClF6N6O2. The molecule has 0 bridgehead atoms. The van der Waals surface area contributed by atoms with E-state index in [-0.39, 0.29) is 11.4 Å². The number of carbonyl (C=O) groups is 1. The summed E-state index contributed by atoms with van der Waals surface area (Å²) in [7, 11) is 0. The number of hydrogen-bond acceptors (Lipinski definition) is 6. The smallest absolute Gasteiger partial charge is 0.417 e. The maximum atomic E-state index is 15.2. The lowest BCUT2D eigenvalue weighted by Crippen LogP contribution is -2.43. The van der Waals surface area contributed by atoms with Crippen LogP contribution in [0, 0.1) is 17.5 Å². The molecule has 0 spiro atoms. The molecule has 3 N–H and O–H groups in total. The number of halogens is 7. The molecule has 3 aromatic carbocycles. The average Bonchev–Trinajstić information content (AvgIpc) is 2.94. The fraction of sp³-hybridized carbons (Fsp3) is 0.192. The molecule has 2 amide bonds. The number of ether oxygens (including phenoxy) is 1. The molecule has 0 saturated carbocycles. The molecule has 1 aliphatic heterocycles. The van der Waals surface area contributed by atoms with E-state index in [1.54, 1.807) is 6.20 Å². The monoisotopic (exact) mass is 596 g/mol. The zero-order valence-corrected chi connectivity index (χ0v) is 21.5. The summed E-state index contributed by atoms with van der Waals surface area (Å²) in [5.41, 5.74) is -1.55. The Labute approximate surface area is 233 Å². The molecule has 0 unspecified atom stereocenters. The summed E-state index contributed by atoms with van der Waals surface area (Å²) in [5, 5.41) is 6.62. The van der Waals surface area contributed by atoms with Gasteiger partial charge in [0.05, 0.1) is 33.5 Å². The lowest BCUT2D eigenvalue weighted by Gasteiger charge is -2.28. The number of piperazine rings is 1. The standard InChI is InChI=1S/C26H19ClF6N6O2/c27-16-3-1-13(9-15(16)26(31,32)33)36-25(40)38-20-11-17(28)22(29)24(23(20)30)41-14-2-4-18-19(10-14)37-21(12-35-18)39-7-5-34-6-8-39/h1-4,9-12,34H,5-8H2,(H2,36,38,40). The minimum atomic E-state index is -4.80. The third-order valence-corrected chi connectivity index (χ3v) is 6.39. The Balaban J connectivity index is 1.37. The normalized spacial score (nSPS) is 13.8. The second-order valence-corrected chi connectivity index (χ2v) is 9.26. The number of aromatic nitrogens is 2. The quantitative estimate of drug-likeness (QED) is 0.178. The van der Waals surface area contributed by atoms with Gasteiger partial charge in [0.1, 0.15) is 11.6 Å². The van der Waals surface area contributed by atoms with Crippen LogP contribution in [-0.4, -0.2) is 42.2 Å². The van der Waals surface area contributed by atoms with Gasteiger partial charge >= 0.3 is 12.2 Å². The van der Waals surface area contributed by atoms with E-state index >= 15 is 4.39 Å². The fourth-order valence-corrected chi connectivity index (χ4v) is 4.30. The molecule has 0 radical (unpaired) electrons. The van der Waals surface area contributed by atoms with E-state index in [1.165, 1.54) is 18.2 Å². The first kappa shape index (κ1) is 28.2. The zero-order valence-electron chi connectivity index (χ0n) is 20.8. The number of fused-ring (bicyclic) bond motifs is 1. The van der Waals surface area contributed by atoms with Gasteiger partial charge in [0.2, 0.25) is 11.6 Å². The van der Waals surface area contributed by atoms with Crippen molar-refractivity contribution in [3.63, 3.8) is 0 Å². The van der Waals surface area contributed by atoms with Crippen LogP contribution in [-0.2, 0) is 6.18 Å². The van der Waals surface area contributed by atoms with E-state index in [1.807, 2.05) is 10.2 Å². The van der Waals surface area contributed by atoms with Crippen molar-refractivity contribution in [1.82, 2.24) is 15.3 Å². The van der Waals surface area contributed by atoms with Crippen LogP contribution in [0.4, 0.5) is 48.3 Å². The van der Waals surface area contributed by atoms with Crippen molar-refractivity contribution >= 4 is 45.9 Å². The number of urea groups is 1. The van der Waals surface area contributed by atoms with Gasteiger partial charge in [0, 0.05) is 44.0 Å². The minimum absolute atomic E-state index is 0.0936. The predicted molar refractivity (Wildman–Crippen MR) is 140 cm³/mol. The van der Waals surface area contributed by atoms with Gasteiger partial charge < -0.3 is 25.6 Å². The highest BCUT2D eigenvalue weighted by molar-refractivity contribution is 6.31. The van der Waals surface area contributed by atoms with Crippen LogP contribution >= 0.6 is 11.6 Å². The summed E-state index contributed by atoms with van der Waals surface area (Å²) in [6, 6.07) is 5.90. The zero-order chi connectivity index (χ0) is 29.3. The number of anilines is 3. The highest BCUT2D eigenvalue weighted by atomic mass is 35.5. The number of amides is 2. The van der Waals surface area contributed by atoms with Crippen LogP contribution in [0.1, 0.15) is 5.56 Å². The van der Waals surface area contributed by atoms with E-state index in [2.05, 4.69) is 20.6 Å². The molecule has 2 heterocycles. The average molecular weight is 597 g/mol. The van der Waals surface area contributed by atoms with Gasteiger partial charge in [-0.05, 0) is 30.3 Å². The molecule has 1 fully saturated rings. The number of benzene rings is 3. The summed E-state index contributed by atoms with van der Waals surface area (Å²) in [4.78, 5) is 23.3. The summed E-state index contributed by atoms with van der Waals surface area (Å²) >= 11 is 5.56. The first-order valence-electron chi connectivity index (χ1n) is 12.0. The summed E-state index contributed by atoms with van der Waals surface area (Å²) in [5.74, 6) is -5.34. The van der Waals surface area contributed by atoms with E-state index in [4.69, 9.17) is 16.3 Å². The second kappa shape index (κ2) is 11.3. The van der Waals surface area contributed by atoms with Gasteiger partial charge in [-0.2, -0.15) is 17.6 Å². The molecule has 8 nitrogen and oxygen atoms in total. The fourth-order valence-electron chi connectivity index (χ4n) is 4.08. The highest BCUT2D eigenvalue weighted by Gasteiger charge is 2.33. The summed E-state index contributed by atoms with van der Waals surface area (Å²) in [6.07, 6.45) is -3.19. The maximum Gasteiger partial charge on any atom is 0.417 e. The van der Waals surface area contributed by atoms with E-state index in [0.29, 0.717) is 42.1 Å². The Morgan fingerprint density at radius 3 is 2.46 bits per heavy atom. The first-order chi connectivity index (χ1) is 19.5. The van der Waals surface area contributed by atoms with Crippen molar-refractivity contribution in [1.29, 1.82) is 0 Å². The van der Waals surface area contributed by atoms with Crippen molar-refractivity contribution in [2.45, 2.75) is 6.18 Å². The van der Waals surface area contributed by atoms with E-state index in [9.17, 15) is 26.7 Å². The Hall–Kier alpha value is -4.30. The lowest BCUT2D eigenvalue weighted by atomic mass is 10.2. The third-order valence-electron chi connectivity index (χ3n) is 6.06. The number of alkyl halides is 3. The summed E-state index contributed by atoms with van der Waals surface area (Å²) in [6.45, 7) is 2.95. The Morgan fingerprint density at radius 1 is 0.976 bits per heavy atom. The van der Waals surface area contributed by atoms with E-state index in [0.717, 1.165) is 25.2 Å². The summed E-state index contributed by atoms with van der Waals surface area (Å²) < 4.78 is 88.8. The molecule has 41 heavy (non-hydrogen) atoms. The number of nitrogens with zero attached hydrogens (tertiary/aromatic N) is 3. The molecule has 1 saturated heterocycles. The number of hydrogen-bond donors (Lipinski definition) is 3. The van der Waals surface area contributed by atoms with Gasteiger partial charge in [-0.1, -0.05) is 11.6 Å². The van der Waals surface area contributed by atoms with Crippen LogP contribution < -0.4 is 25.6 Å². The number of carbonyl (C=O) groups excluding carboxylic acids is 1. The van der Waals surface area contributed by atoms with Crippen molar-refractivity contribution in [3.8, 4) is 11.5 Å². The molecular weight excluding hydrogens is 578 g/mol. The number of rotatable bonds is 5. The molecule has 214 valence electrons. The first-order valence-corrected chi connectivity index (χ1v) is 12.4. The van der Waals surface area contributed by atoms with Crippen molar-refractivity contribution in [3.05, 3.63) is 76.7 Å². The molecule has 0 aliphatic carbocycles. The van der Waals surface area contributed by atoms with Crippen LogP contribution in [0.15, 0.2) is 48.7 Å². The molecule has 1 aromatic heterocycles. The topological polar surface area (TPSA) is 91.4 Å². The predicted octanol–water partition coefficient (Wildman–Crippen LogP) is 6.57. The van der Waals surface area contributed by atoms with Gasteiger partial charge in [-0.25, -0.2) is 18.6 Å². The van der Waals surface area contributed by atoms with Gasteiger partial charge in [-0.15, -0.1) is 0 Å². The van der Waals surface area contributed by atoms with Crippen LogP contribution in [0.5, 0.6) is 11.5 Å². The minimum Gasteiger partial charge on any atom is -0.451 e. The van der Waals surface area contributed by atoms with Crippen LogP contribution in [0.3, 0.4) is 0 Å². The van der Waals surface area contributed by atoms with Crippen molar-refractivity contribution in [2.24, 2.45) is 0 Å². The Morgan fingerprint density at radius 2 is 1.73 bits per heavy atom. The van der Waals surface area contributed by atoms with E-state index < -0.39 is 51.7 Å². The molecule has 4 aromatic rings. The third kappa shape index (κ3) is 6.23. The Bertz CT molecular complexity index is 1630. The van der Waals surface area contributed by atoms with Crippen LogP contribution in [0.2, 0.25) is 5.02 Å². The molecule has 5 rings (SSSR count). The Kier molecular flexibility index (Phi) is 7.78. The molecule has 1 aliphatic rings. The maximum absolute atomic E-state index is 15.2. The van der Waals surface area contributed by atoms with Crippen LogP contribution in [0.25, 0.3) is 11.0 Å². The second-order valence-electron chi connectivity index (χ2n) is 8.85. The van der Waals surface area contributed by atoms with Gasteiger partial charge in [0.25, 0.3) is 0 Å². The SMILES string of the molecule is O=C(Nc1ccc(Cl)c(C(F)(F)F)c1)Nc1cc(F)c(F)c(Oc2ccc3ncc(N4CCNCC4)nc3c2)c1F.